The first kappa shape index (κ1) is 16.6. The van der Waals surface area contributed by atoms with Crippen LogP contribution in [0.15, 0.2) is 24.3 Å². The summed E-state index contributed by atoms with van der Waals surface area (Å²) in [6.07, 6.45) is -2.27. The van der Waals surface area contributed by atoms with Crippen LogP contribution in [0.25, 0.3) is 6.08 Å². The zero-order valence-corrected chi connectivity index (χ0v) is 10.9. The predicted octanol–water partition coefficient (Wildman–Crippen LogP) is 3.49. The minimum atomic E-state index is -4.61. The molecule has 1 aromatic carbocycles. The minimum Gasteiger partial charge on any atom is -0.493 e. The summed E-state index contributed by atoms with van der Waals surface area (Å²) in [6, 6.07) is 5.15. The lowest BCUT2D eigenvalue weighted by molar-refractivity contribution is -0.139. The molecule has 112 valence electrons. The van der Waals surface area contributed by atoms with Crippen LogP contribution >= 0.6 is 0 Å². The average molecular weight is 299 g/mol. The number of aliphatic carboxylic acids is 1. The van der Waals surface area contributed by atoms with Crippen LogP contribution < -0.4 is 4.74 Å². The monoisotopic (exact) mass is 299 g/mol. The molecule has 4 nitrogen and oxygen atoms in total. The van der Waals surface area contributed by atoms with Gasteiger partial charge in [0.05, 0.1) is 18.2 Å². The third-order valence-electron chi connectivity index (χ3n) is 2.42. The Kier molecular flexibility index (Phi) is 5.79. The molecule has 0 bridgehead atoms. The molecule has 0 radical (unpaired) electrons. The van der Waals surface area contributed by atoms with E-state index in [0.29, 0.717) is 6.42 Å². The van der Waals surface area contributed by atoms with Gasteiger partial charge in [-0.1, -0.05) is 6.07 Å². The van der Waals surface area contributed by atoms with Gasteiger partial charge in [0.25, 0.3) is 0 Å². The van der Waals surface area contributed by atoms with Gasteiger partial charge in [0.15, 0.2) is 0 Å². The topological polar surface area (TPSA) is 70.3 Å². The summed E-state index contributed by atoms with van der Waals surface area (Å²) in [5, 5.41) is 16.8. The zero-order valence-electron chi connectivity index (χ0n) is 10.9. The van der Waals surface area contributed by atoms with Gasteiger partial charge < -0.3 is 9.84 Å². The first-order valence-corrected chi connectivity index (χ1v) is 5.96. The molecule has 0 unspecified atom stereocenters. The number of alkyl halides is 3. The van der Waals surface area contributed by atoms with E-state index in [4.69, 9.17) is 15.1 Å². The number of hydrogen-bond donors (Lipinski definition) is 1. The number of carboxylic acids is 1. The molecule has 0 aliphatic heterocycles. The maximum Gasteiger partial charge on any atom is 0.419 e. The lowest BCUT2D eigenvalue weighted by atomic mass is 10.1. The van der Waals surface area contributed by atoms with Gasteiger partial charge in [-0.05, 0) is 30.2 Å². The molecular weight excluding hydrogens is 287 g/mol. The molecule has 0 atom stereocenters. The second-order valence-electron chi connectivity index (χ2n) is 4.04. The van der Waals surface area contributed by atoms with Crippen LogP contribution in [-0.4, -0.2) is 17.7 Å². The highest BCUT2D eigenvalue weighted by atomic mass is 19.4. The summed E-state index contributed by atoms with van der Waals surface area (Å²) >= 11 is 0. The average Bonchev–Trinajstić information content (AvgIpc) is 2.41. The van der Waals surface area contributed by atoms with Crippen molar-refractivity contribution >= 4 is 12.0 Å². The molecule has 0 amide bonds. The highest BCUT2D eigenvalue weighted by molar-refractivity contribution is 5.85. The predicted molar refractivity (Wildman–Crippen MR) is 68.5 cm³/mol. The van der Waals surface area contributed by atoms with Crippen molar-refractivity contribution in [1.82, 2.24) is 0 Å². The molecule has 21 heavy (non-hydrogen) atoms. The summed E-state index contributed by atoms with van der Waals surface area (Å²) in [6.45, 7) is 0.000944. The largest absolute Gasteiger partial charge is 0.493 e. The van der Waals surface area contributed by atoms with E-state index in [9.17, 15) is 18.0 Å². The number of nitrogens with zero attached hydrogens (tertiary/aromatic N) is 1. The fraction of sp³-hybridized carbons (Fsp3) is 0.286. The molecule has 1 rings (SSSR count). The molecule has 0 saturated carbocycles. The number of carboxylic acid groups (broad SMARTS) is 1. The van der Waals surface area contributed by atoms with Gasteiger partial charge in [-0.15, -0.1) is 0 Å². The normalized spacial score (nSPS) is 11.3. The van der Waals surface area contributed by atoms with Crippen molar-refractivity contribution < 1.29 is 27.8 Å². The fourth-order valence-corrected chi connectivity index (χ4v) is 1.50. The fourth-order valence-electron chi connectivity index (χ4n) is 1.50. The number of ether oxygens (including phenoxy) is 1. The number of hydrogen-bond acceptors (Lipinski definition) is 3. The number of nitriles is 1. The smallest absolute Gasteiger partial charge is 0.419 e. The molecule has 0 aromatic heterocycles. The highest BCUT2D eigenvalue weighted by Gasteiger charge is 2.34. The second-order valence-corrected chi connectivity index (χ2v) is 4.04. The Morgan fingerprint density at radius 1 is 1.43 bits per heavy atom. The maximum absolute atomic E-state index is 12.9. The van der Waals surface area contributed by atoms with Gasteiger partial charge >= 0.3 is 12.1 Å². The number of carbonyl (C=O) groups is 1. The molecule has 7 heteroatoms. The van der Waals surface area contributed by atoms with Crippen LogP contribution in [0, 0.1) is 11.3 Å². The van der Waals surface area contributed by atoms with Crippen molar-refractivity contribution in [2.45, 2.75) is 19.0 Å². The molecule has 1 N–H and O–H groups in total. The SMILES string of the molecule is N#CCCCOc1ccc(C=CC(=O)O)cc1C(F)(F)F. The third-order valence-corrected chi connectivity index (χ3v) is 2.42. The van der Waals surface area contributed by atoms with E-state index in [2.05, 4.69) is 0 Å². The Labute approximate surface area is 119 Å². The standard InChI is InChI=1S/C14H12F3NO3/c15-14(16,17)11-9-10(4-6-13(19)20)3-5-12(11)21-8-2-1-7-18/h3-6,9H,1-2,8H2,(H,19,20). The number of rotatable bonds is 6. The van der Waals surface area contributed by atoms with Crippen molar-refractivity contribution in [3.63, 3.8) is 0 Å². The summed E-state index contributed by atoms with van der Waals surface area (Å²) in [5.74, 6) is -1.59. The molecule has 0 aliphatic rings. The number of halogens is 3. The Morgan fingerprint density at radius 2 is 2.14 bits per heavy atom. The van der Waals surface area contributed by atoms with Crippen LogP contribution in [0.5, 0.6) is 5.75 Å². The van der Waals surface area contributed by atoms with Crippen molar-refractivity contribution in [2.24, 2.45) is 0 Å². The van der Waals surface area contributed by atoms with Crippen LogP contribution in [0.2, 0.25) is 0 Å². The van der Waals surface area contributed by atoms with E-state index < -0.39 is 17.7 Å². The van der Waals surface area contributed by atoms with E-state index in [1.54, 1.807) is 0 Å². The van der Waals surface area contributed by atoms with Crippen molar-refractivity contribution in [3.05, 3.63) is 35.4 Å². The van der Waals surface area contributed by atoms with Gasteiger partial charge in [-0.3, -0.25) is 0 Å². The van der Waals surface area contributed by atoms with Crippen LogP contribution in [0.3, 0.4) is 0 Å². The Bertz CT molecular complexity index is 574. The first-order valence-electron chi connectivity index (χ1n) is 5.96. The molecule has 0 aliphatic carbocycles. The molecular formula is C14H12F3NO3. The van der Waals surface area contributed by atoms with Crippen molar-refractivity contribution in [1.29, 1.82) is 5.26 Å². The highest BCUT2D eigenvalue weighted by Crippen LogP contribution is 2.37. The van der Waals surface area contributed by atoms with Gasteiger partial charge in [-0.2, -0.15) is 18.4 Å². The lowest BCUT2D eigenvalue weighted by Gasteiger charge is -2.14. The van der Waals surface area contributed by atoms with E-state index in [1.807, 2.05) is 6.07 Å². The zero-order chi connectivity index (χ0) is 15.9. The Morgan fingerprint density at radius 3 is 2.71 bits per heavy atom. The number of unbranched alkanes of at least 4 members (excludes halogenated alkanes) is 1. The van der Waals surface area contributed by atoms with Crippen LogP contribution in [-0.2, 0) is 11.0 Å². The van der Waals surface area contributed by atoms with Gasteiger partial charge in [-0.25, -0.2) is 4.79 Å². The molecule has 0 fully saturated rings. The van der Waals surface area contributed by atoms with E-state index >= 15 is 0 Å². The second kappa shape index (κ2) is 7.33. The molecule has 0 spiro atoms. The van der Waals surface area contributed by atoms with Crippen LogP contribution in [0.1, 0.15) is 24.0 Å². The summed E-state index contributed by atoms with van der Waals surface area (Å²) in [7, 11) is 0. The summed E-state index contributed by atoms with van der Waals surface area (Å²) in [5.41, 5.74) is -0.874. The Hall–Kier alpha value is -2.49. The molecule has 0 heterocycles. The molecule has 0 saturated heterocycles. The van der Waals surface area contributed by atoms with E-state index in [-0.39, 0.29) is 24.3 Å². The maximum atomic E-state index is 12.9. The van der Waals surface area contributed by atoms with Gasteiger partial charge in [0, 0.05) is 12.5 Å². The third kappa shape index (κ3) is 5.57. The van der Waals surface area contributed by atoms with E-state index in [1.165, 1.54) is 6.07 Å². The first-order chi connectivity index (χ1) is 9.84. The van der Waals surface area contributed by atoms with Crippen molar-refractivity contribution in [3.8, 4) is 11.8 Å². The lowest BCUT2D eigenvalue weighted by Crippen LogP contribution is -2.09. The number of benzene rings is 1. The van der Waals surface area contributed by atoms with E-state index in [0.717, 1.165) is 24.3 Å². The summed E-state index contributed by atoms with van der Waals surface area (Å²) in [4.78, 5) is 10.4. The van der Waals surface area contributed by atoms with Gasteiger partial charge in [0.2, 0.25) is 0 Å². The van der Waals surface area contributed by atoms with Crippen LogP contribution in [0.4, 0.5) is 13.2 Å². The van der Waals surface area contributed by atoms with Crippen molar-refractivity contribution in [2.75, 3.05) is 6.61 Å². The minimum absolute atomic E-state index is 0.000944. The molecule has 1 aromatic rings. The summed E-state index contributed by atoms with van der Waals surface area (Å²) < 4.78 is 43.8. The quantitative estimate of drug-likeness (QED) is 0.645. The van der Waals surface area contributed by atoms with Gasteiger partial charge in [0.1, 0.15) is 5.75 Å². The Balaban J connectivity index is 2.98.